The van der Waals surface area contributed by atoms with Crippen molar-refractivity contribution in [2.75, 3.05) is 26.2 Å². The lowest BCUT2D eigenvalue weighted by atomic mass is 9.97. The van der Waals surface area contributed by atoms with Gasteiger partial charge >= 0.3 is 0 Å². The van der Waals surface area contributed by atoms with Gasteiger partial charge in [-0.3, -0.25) is 4.79 Å². The predicted molar refractivity (Wildman–Crippen MR) is 93.5 cm³/mol. The van der Waals surface area contributed by atoms with Crippen molar-refractivity contribution in [3.63, 3.8) is 0 Å². The van der Waals surface area contributed by atoms with Crippen LogP contribution in [0.2, 0.25) is 5.02 Å². The maximum atomic E-state index is 12.9. The Labute approximate surface area is 148 Å². The minimum Gasteiger partial charge on any atom is -0.342 e. The Morgan fingerprint density at radius 3 is 2.38 bits per heavy atom. The van der Waals surface area contributed by atoms with Gasteiger partial charge in [-0.25, -0.2) is 8.42 Å². The first-order valence-corrected chi connectivity index (χ1v) is 10.3. The van der Waals surface area contributed by atoms with Crippen LogP contribution < -0.4 is 0 Å². The van der Waals surface area contributed by atoms with Crippen molar-refractivity contribution in [2.45, 2.75) is 37.5 Å². The summed E-state index contributed by atoms with van der Waals surface area (Å²) in [5.74, 6) is 0.151. The van der Waals surface area contributed by atoms with Gasteiger partial charge < -0.3 is 4.90 Å². The Bertz CT molecular complexity index is 721. The number of nitrogens with zero attached hydrogens (tertiary/aromatic N) is 2. The summed E-state index contributed by atoms with van der Waals surface area (Å²) in [6.07, 6.45) is 3.34. The third-order valence-electron chi connectivity index (χ3n) is 5.06. The van der Waals surface area contributed by atoms with Crippen molar-refractivity contribution in [1.82, 2.24) is 9.21 Å². The largest absolute Gasteiger partial charge is 0.342 e. The van der Waals surface area contributed by atoms with Crippen molar-refractivity contribution in [2.24, 2.45) is 5.92 Å². The number of likely N-dealkylation sites (tertiary alicyclic amines) is 1. The highest BCUT2D eigenvalue weighted by atomic mass is 35.5. The van der Waals surface area contributed by atoms with Gasteiger partial charge in [-0.05, 0) is 50.3 Å². The summed E-state index contributed by atoms with van der Waals surface area (Å²) in [7, 11) is -3.56. The van der Waals surface area contributed by atoms with E-state index in [2.05, 4.69) is 0 Å². The number of sulfonamides is 1. The molecule has 0 spiro atoms. The summed E-state index contributed by atoms with van der Waals surface area (Å²) in [4.78, 5) is 14.7. The van der Waals surface area contributed by atoms with Gasteiger partial charge in [0.05, 0.1) is 4.90 Å². The average molecular weight is 371 g/mol. The molecule has 2 saturated heterocycles. The van der Waals surface area contributed by atoms with Gasteiger partial charge in [-0.2, -0.15) is 4.31 Å². The number of amides is 1. The summed E-state index contributed by atoms with van der Waals surface area (Å²) in [6, 6.07) is 4.95. The van der Waals surface area contributed by atoms with Crippen molar-refractivity contribution in [3.8, 4) is 0 Å². The number of rotatable bonds is 3. The van der Waals surface area contributed by atoms with E-state index in [1.165, 1.54) is 4.31 Å². The smallest absolute Gasteiger partial charge is 0.243 e. The topological polar surface area (TPSA) is 57.7 Å². The number of hydrogen-bond donors (Lipinski definition) is 0. The molecule has 2 heterocycles. The Kier molecular flexibility index (Phi) is 5.18. The molecule has 7 heteroatoms. The minimum atomic E-state index is -3.56. The van der Waals surface area contributed by atoms with E-state index in [0.717, 1.165) is 25.9 Å². The zero-order chi connectivity index (χ0) is 17.3. The van der Waals surface area contributed by atoms with E-state index in [0.29, 0.717) is 36.5 Å². The summed E-state index contributed by atoms with van der Waals surface area (Å²) in [5.41, 5.74) is 0.578. The van der Waals surface area contributed by atoms with Gasteiger partial charge in [0.2, 0.25) is 15.9 Å². The standard InChI is InChI=1S/C17H23ClN2O3S/c1-13-15(18)5-4-6-16(13)24(22,23)20-11-7-14(8-12-20)17(21)19-9-2-3-10-19/h4-6,14H,2-3,7-12H2,1H3. The maximum Gasteiger partial charge on any atom is 0.243 e. The Morgan fingerprint density at radius 2 is 1.75 bits per heavy atom. The lowest BCUT2D eigenvalue weighted by Crippen LogP contribution is -2.43. The number of benzene rings is 1. The summed E-state index contributed by atoms with van der Waals surface area (Å²) < 4.78 is 27.2. The highest BCUT2D eigenvalue weighted by molar-refractivity contribution is 7.89. The van der Waals surface area contributed by atoms with Gasteiger partial charge in [-0.15, -0.1) is 0 Å². The maximum absolute atomic E-state index is 12.9. The summed E-state index contributed by atoms with van der Waals surface area (Å²) in [5, 5.41) is 0.454. The lowest BCUT2D eigenvalue weighted by Gasteiger charge is -2.32. The van der Waals surface area contributed by atoms with Crippen LogP contribution in [-0.4, -0.2) is 49.7 Å². The van der Waals surface area contributed by atoms with Gasteiger partial charge in [-0.1, -0.05) is 17.7 Å². The van der Waals surface area contributed by atoms with E-state index in [-0.39, 0.29) is 16.7 Å². The van der Waals surface area contributed by atoms with Crippen LogP contribution >= 0.6 is 11.6 Å². The Hall–Kier alpha value is -1.11. The molecule has 2 aliphatic rings. The first-order chi connectivity index (χ1) is 11.4. The number of halogens is 1. The van der Waals surface area contributed by atoms with Crippen molar-refractivity contribution < 1.29 is 13.2 Å². The highest BCUT2D eigenvalue weighted by Gasteiger charge is 2.35. The second-order valence-electron chi connectivity index (χ2n) is 6.57. The first-order valence-electron chi connectivity index (χ1n) is 8.45. The fourth-order valence-electron chi connectivity index (χ4n) is 3.55. The molecule has 0 aliphatic carbocycles. The Morgan fingerprint density at radius 1 is 1.12 bits per heavy atom. The van der Waals surface area contributed by atoms with Crippen LogP contribution in [0.3, 0.4) is 0 Å². The van der Waals surface area contributed by atoms with E-state index in [1.54, 1.807) is 25.1 Å². The van der Waals surface area contributed by atoms with Crippen LogP contribution in [0, 0.1) is 12.8 Å². The molecule has 0 atom stereocenters. The van der Waals surface area contributed by atoms with E-state index in [4.69, 9.17) is 11.6 Å². The molecule has 0 unspecified atom stereocenters. The molecule has 2 aliphatic heterocycles. The lowest BCUT2D eigenvalue weighted by molar-refractivity contribution is -0.135. The normalized spacial score (nSPS) is 20.5. The van der Waals surface area contributed by atoms with Gasteiger partial charge in [0.1, 0.15) is 0 Å². The molecule has 3 rings (SSSR count). The summed E-state index contributed by atoms with van der Waals surface area (Å²) in [6.45, 7) is 4.19. The second kappa shape index (κ2) is 7.02. The predicted octanol–water partition coefficient (Wildman–Crippen LogP) is 2.67. The molecule has 1 amide bonds. The molecule has 132 valence electrons. The molecular formula is C17H23ClN2O3S. The zero-order valence-corrected chi connectivity index (χ0v) is 15.4. The van der Waals surface area contributed by atoms with E-state index < -0.39 is 10.0 Å². The number of carbonyl (C=O) groups is 1. The second-order valence-corrected chi connectivity index (χ2v) is 8.89. The van der Waals surface area contributed by atoms with Crippen LogP contribution in [0.5, 0.6) is 0 Å². The van der Waals surface area contributed by atoms with Crippen molar-refractivity contribution >= 4 is 27.5 Å². The monoisotopic (exact) mass is 370 g/mol. The van der Waals surface area contributed by atoms with Crippen LogP contribution in [0.25, 0.3) is 0 Å². The number of hydrogen-bond acceptors (Lipinski definition) is 3. The molecule has 0 radical (unpaired) electrons. The molecule has 2 fully saturated rings. The molecule has 1 aromatic rings. The van der Waals surface area contributed by atoms with Crippen LogP contribution in [0.15, 0.2) is 23.1 Å². The number of carbonyl (C=O) groups excluding carboxylic acids is 1. The van der Waals surface area contributed by atoms with Gasteiger partial charge in [0, 0.05) is 37.1 Å². The SMILES string of the molecule is Cc1c(Cl)cccc1S(=O)(=O)N1CCC(C(=O)N2CCCC2)CC1. The van der Waals surface area contributed by atoms with E-state index >= 15 is 0 Å². The van der Waals surface area contributed by atoms with Crippen LogP contribution in [-0.2, 0) is 14.8 Å². The molecule has 5 nitrogen and oxygen atoms in total. The molecule has 0 saturated carbocycles. The van der Waals surface area contributed by atoms with Crippen molar-refractivity contribution in [3.05, 3.63) is 28.8 Å². The summed E-state index contributed by atoms with van der Waals surface area (Å²) >= 11 is 6.06. The third-order valence-corrected chi connectivity index (χ3v) is 7.51. The average Bonchev–Trinajstić information content (AvgIpc) is 3.11. The molecule has 24 heavy (non-hydrogen) atoms. The molecular weight excluding hydrogens is 348 g/mol. The molecule has 0 bridgehead atoms. The fourth-order valence-corrected chi connectivity index (χ4v) is 5.49. The van der Waals surface area contributed by atoms with Gasteiger partial charge in [0.15, 0.2) is 0 Å². The third kappa shape index (κ3) is 3.32. The highest BCUT2D eigenvalue weighted by Crippen LogP contribution is 2.29. The van der Waals surface area contributed by atoms with Crippen LogP contribution in [0.1, 0.15) is 31.2 Å². The van der Waals surface area contributed by atoms with E-state index in [1.807, 2.05) is 4.90 Å². The minimum absolute atomic E-state index is 0.0463. The zero-order valence-electron chi connectivity index (χ0n) is 13.9. The molecule has 0 N–H and O–H groups in total. The first kappa shape index (κ1) is 17.7. The fraction of sp³-hybridized carbons (Fsp3) is 0.588. The van der Waals surface area contributed by atoms with Crippen LogP contribution in [0.4, 0.5) is 0 Å². The number of piperidine rings is 1. The molecule has 1 aromatic carbocycles. The van der Waals surface area contributed by atoms with E-state index in [9.17, 15) is 13.2 Å². The van der Waals surface area contributed by atoms with Gasteiger partial charge in [0.25, 0.3) is 0 Å². The van der Waals surface area contributed by atoms with Crippen molar-refractivity contribution in [1.29, 1.82) is 0 Å². The molecule has 0 aromatic heterocycles. The Balaban J connectivity index is 1.69. The quantitative estimate of drug-likeness (QED) is 0.821.